The van der Waals surface area contributed by atoms with E-state index in [0.29, 0.717) is 0 Å². The molecule has 0 spiro atoms. The van der Waals surface area contributed by atoms with Crippen LogP contribution in [0.3, 0.4) is 0 Å². The fourth-order valence-electron chi connectivity index (χ4n) is 2.43. The molecule has 0 aliphatic heterocycles. The number of nitrogens with one attached hydrogen (secondary N) is 1. The number of ether oxygens (including phenoxy) is 3. The van der Waals surface area contributed by atoms with Gasteiger partial charge in [0.05, 0.1) is 0 Å². The van der Waals surface area contributed by atoms with E-state index in [4.69, 9.17) is 25.8 Å². The van der Waals surface area contributed by atoms with Crippen LogP contribution in [-0.2, 0) is 14.3 Å². The van der Waals surface area contributed by atoms with E-state index in [9.17, 15) is 14.0 Å². The third-order valence-corrected chi connectivity index (χ3v) is 3.84. The van der Waals surface area contributed by atoms with Gasteiger partial charge in [-0.3, -0.25) is 0 Å². The number of carbonyl (C=O) groups excluding carboxylic acids is 2. The number of halogens is 2. The molecule has 0 aliphatic carbocycles. The highest BCUT2D eigenvalue weighted by Crippen LogP contribution is 2.24. The van der Waals surface area contributed by atoms with Crippen LogP contribution in [-0.4, -0.2) is 35.9 Å². The normalized spacial score (nSPS) is 14.8. The predicted molar refractivity (Wildman–Crippen MR) is 105 cm³/mol. The minimum atomic E-state index is -0.910. The fraction of sp³-hybridized carbons (Fsp3) is 0.600. The van der Waals surface area contributed by atoms with E-state index in [2.05, 4.69) is 5.32 Å². The van der Waals surface area contributed by atoms with Gasteiger partial charge in [-0.25, -0.2) is 14.0 Å². The van der Waals surface area contributed by atoms with Gasteiger partial charge in [0, 0.05) is 11.1 Å². The van der Waals surface area contributed by atoms with Crippen molar-refractivity contribution in [1.29, 1.82) is 0 Å². The smallest absolute Gasteiger partial charge is 0.408 e. The van der Waals surface area contributed by atoms with Gasteiger partial charge >= 0.3 is 12.1 Å². The van der Waals surface area contributed by atoms with E-state index >= 15 is 0 Å². The van der Waals surface area contributed by atoms with Crippen LogP contribution in [0, 0.1) is 11.7 Å². The average Bonchev–Trinajstić information content (AvgIpc) is 2.48. The second-order valence-electron chi connectivity index (χ2n) is 7.94. The molecule has 1 N–H and O–H groups in total. The lowest BCUT2D eigenvalue weighted by Gasteiger charge is -2.29. The Labute approximate surface area is 170 Å². The van der Waals surface area contributed by atoms with Crippen molar-refractivity contribution in [3.63, 3.8) is 0 Å². The molecule has 0 saturated heterocycles. The van der Waals surface area contributed by atoms with Gasteiger partial charge in [-0.15, -0.1) is 0 Å². The van der Waals surface area contributed by atoms with Gasteiger partial charge in [-0.1, -0.05) is 25.4 Å². The van der Waals surface area contributed by atoms with Crippen molar-refractivity contribution < 1.29 is 28.2 Å². The highest BCUT2D eigenvalue weighted by molar-refractivity contribution is 6.30. The third kappa shape index (κ3) is 8.33. The summed E-state index contributed by atoms with van der Waals surface area (Å²) in [5, 5.41) is 2.64. The Morgan fingerprint density at radius 3 is 2.21 bits per heavy atom. The number of benzene rings is 1. The van der Waals surface area contributed by atoms with Gasteiger partial charge in [-0.2, -0.15) is 0 Å². The maximum atomic E-state index is 13.5. The summed E-state index contributed by atoms with van der Waals surface area (Å²) < 4.78 is 29.9. The van der Waals surface area contributed by atoms with E-state index in [-0.39, 0.29) is 16.7 Å². The highest BCUT2D eigenvalue weighted by atomic mass is 35.5. The summed E-state index contributed by atoms with van der Waals surface area (Å²) >= 11 is 5.84. The van der Waals surface area contributed by atoms with Crippen molar-refractivity contribution in [2.75, 3.05) is 0 Å². The van der Waals surface area contributed by atoms with Gasteiger partial charge in [-0.05, 0) is 52.7 Å². The molecule has 1 aromatic rings. The van der Waals surface area contributed by atoms with Gasteiger partial charge in [0.15, 0.2) is 0 Å². The van der Waals surface area contributed by atoms with Crippen molar-refractivity contribution in [1.82, 2.24) is 5.32 Å². The third-order valence-electron chi connectivity index (χ3n) is 3.62. The molecule has 0 fully saturated rings. The van der Waals surface area contributed by atoms with Crippen LogP contribution in [0.15, 0.2) is 18.2 Å². The van der Waals surface area contributed by atoms with Crippen molar-refractivity contribution >= 4 is 23.7 Å². The molecular formula is C20H29ClFNO5. The number of alkyl carbamates (subject to hydrolysis) is 1. The molecule has 0 aliphatic rings. The highest BCUT2D eigenvalue weighted by Gasteiger charge is 2.30. The predicted octanol–water partition coefficient (Wildman–Crippen LogP) is 4.73. The first-order valence-corrected chi connectivity index (χ1v) is 9.49. The van der Waals surface area contributed by atoms with Crippen LogP contribution in [0.2, 0.25) is 5.02 Å². The van der Waals surface area contributed by atoms with Gasteiger partial charge in [0.25, 0.3) is 0 Å². The van der Waals surface area contributed by atoms with E-state index in [1.54, 1.807) is 27.7 Å². The average molecular weight is 418 g/mol. The maximum Gasteiger partial charge on any atom is 0.408 e. The molecule has 1 rings (SSSR count). The second-order valence-corrected chi connectivity index (χ2v) is 8.38. The molecule has 6 nitrogen and oxygen atoms in total. The Bertz CT molecular complexity index is 669. The van der Waals surface area contributed by atoms with E-state index < -0.39 is 41.7 Å². The monoisotopic (exact) mass is 417 g/mol. The van der Waals surface area contributed by atoms with E-state index in [1.807, 2.05) is 13.8 Å². The number of carbonyl (C=O) groups is 2. The molecule has 3 atom stereocenters. The number of amides is 1. The topological polar surface area (TPSA) is 73.9 Å². The Morgan fingerprint density at radius 2 is 1.71 bits per heavy atom. The molecule has 0 heterocycles. The van der Waals surface area contributed by atoms with Crippen LogP contribution in [0.5, 0.6) is 5.75 Å². The van der Waals surface area contributed by atoms with Crippen LogP contribution in [0.25, 0.3) is 0 Å². The van der Waals surface area contributed by atoms with Crippen LogP contribution in [0.4, 0.5) is 9.18 Å². The van der Waals surface area contributed by atoms with Crippen LogP contribution in [0.1, 0.15) is 48.5 Å². The number of hydrogen-bond donors (Lipinski definition) is 1. The number of hydrogen-bond acceptors (Lipinski definition) is 5. The molecule has 0 radical (unpaired) electrons. The molecule has 1 amide bonds. The number of esters is 1. The van der Waals surface area contributed by atoms with Gasteiger partial charge in [0.1, 0.15) is 35.4 Å². The first-order chi connectivity index (χ1) is 12.8. The molecule has 0 saturated carbocycles. The summed E-state index contributed by atoms with van der Waals surface area (Å²) in [5.41, 5.74) is -0.678. The van der Waals surface area contributed by atoms with Crippen LogP contribution >= 0.6 is 11.6 Å². The fourth-order valence-corrected chi connectivity index (χ4v) is 2.64. The molecule has 0 bridgehead atoms. The molecule has 28 heavy (non-hydrogen) atoms. The van der Waals surface area contributed by atoms with Gasteiger partial charge < -0.3 is 19.5 Å². The standard InChI is InChI=1S/C20H29ClFNO5/c1-11(2)17(13(4)26-16-9-14(21)8-15(22)10-16)27-18(24)12(3)23-19(25)28-20(5,6)7/h8-13,17H,1-7H3,(H,23,25)/t12-,13-,17+/m0/s1. The Morgan fingerprint density at radius 1 is 1.11 bits per heavy atom. The van der Waals surface area contributed by atoms with Crippen molar-refractivity contribution in [2.45, 2.75) is 72.3 Å². The largest absolute Gasteiger partial charge is 0.487 e. The summed E-state index contributed by atoms with van der Waals surface area (Å²) in [6, 6.07) is 2.94. The quantitative estimate of drug-likeness (QED) is 0.649. The molecule has 1 aromatic carbocycles. The zero-order valence-corrected chi connectivity index (χ0v) is 18.1. The Hall–Kier alpha value is -2.02. The first-order valence-electron chi connectivity index (χ1n) is 9.11. The summed E-state index contributed by atoms with van der Waals surface area (Å²) in [6.45, 7) is 12.1. The summed E-state index contributed by atoms with van der Waals surface area (Å²) in [5.74, 6) is -1.00. The molecule has 0 unspecified atom stereocenters. The molecule has 0 aromatic heterocycles. The van der Waals surface area contributed by atoms with Crippen molar-refractivity contribution in [3.05, 3.63) is 29.0 Å². The molecule has 8 heteroatoms. The molecular weight excluding hydrogens is 389 g/mol. The molecule has 158 valence electrons. The SMILES string of the molecule is CC(C)[C@@H](OC(=O)[C@H](C)NC(=O)OC(C)(C)C)[C@H](C)Oc1cc(F)cc(Cl)c1. The van der Waals surface area contributed by atoms with Crippen LogP contribution < -0.4 is 10.1 Å². The van der Waals surface area contributed by atoms with Crippen molar-refractivity contribution in [2.24, 2.45) is 5.92 Å². The lowest BCUT2D eigenvalue weighted by atomic mass is 10.0. The van der Waals surface area contributed by atoms with Gasteiger partial charge in [0.2, 0.25) is 0 Å². The lowest BCUT2D eigenvalue weighted by molar-refractivity contribution is -0.158. The minimum Gasteiger partial charge on any atom is -0.487 e. The second kappa shape index (κ2) is 9.96. The maximum absolute atomic E-state index is 13.5. The minimum absolute atomic E-state index is 0.0864. The Kier molecular flexibility index (Phi) is 8.54. The number of rotatable bonds is 7. The zero-order chi connectivity index (χ0) is 21.6. The van der Waals surface area contributed by atoms with E-state index in [0.717, 1.165) is 0 Å². The summed E-state index contributed by atoms with van der Waals surface area (Å²) in [6.07, 6.45) is -1.91. The summed E-state index contributed by atoms with van der Waals surface area (Å²) in [7, 11) is 0. The zero-order valence-electron chi connectivity index (χ0n) is 17.3. The first kappa shape index (κ1) is 24.0. The van der Waals surface area contributed by atoms with E-state index in [1.165, 1.54) is 25.1 Å². The lowest BCUT2D eigenvalue weighted by Crippen LogP contribution is -2.46. The van der Waals surface area contributed by atoms with Crippen molar-refractivity contribution in [3.8, 4) is 5.75 Å². The Balaban J connectivity index is 2.74. The summed E-state index contributed by atoms with van der Waals surface area (Å²) in [4.78, 5) is 24.2.